The lowest BCUT2D eigenvalue weighted by Gasteiger charge is -2.29. The van der Waals surface area contributed by atoms with E-state index in [4.69, 9.17) is 18.9 Å². The maximum Gasteiger partial charge on any atom is 0.408 e. The van der Waals surface area contributed by atoms with Gasteiger partial charge in [-0.2, -0.15) is 0 Å². The van der Waals surface area contributed by atoms with Crippen LogP contribution in [0.25, 0.3) is 0 Å². The molecule has 35 heavy (non-hydrogen) atoms. The fraction of sp³-hybridized carbons (Fsp3) is 0.577. The molecule has 2 amide bonds. The normalized spacial score (nSPS) is 18.6. The van der Waals surface area contributed by atoms with Crippen LogP contribution in [0.15, 0.2) is 43.0 Å². The average Bonchev–Trinajstić information content (AvgIpc) is 3.24. The van der Waals surface area contributed by atoms with Crippen molar-refractivity contribution in [3.63, 3.8) is 0 Å². The zero-order valence-electron chi connectivity index (χ0n) is 21.2. The van der Waals surface area contributed by atoms with E-state index in [1.54, 1.807) is 26.8 Å². The minimum Gasteiger partial charge on any atom is -0.467 e. The summed E-state index contributed by atoms with van der Waals surface area (Å²) in [6.07, 6.45) is 1.74. The number of carbonyl (C=O) groups excluding carboxylic acids is 3. The Balaban J connectivity index is 2.11. The quantitative estimate of drug-likeness (QED) is 0.273. The third-order valence-corrected chi connectivity index (χ3v) is 5.35. The number of esters is 1. The molecular weight excluding hydrogens is 452 g/mol. The van der Waals surface area contributed by atoms with E-state index < -0.39 is 29.7 Å². The predicted molar refractivity (Wildman–Crippen MR) is 131 cm³/mol. The molecule has 0 spiro atoms. The lowest BCUT2D eigenvalue weighted by Crippen LogP contribution is -2.52. The SMILES string of the molecule is C=CCOCCC[C@H](NC(=O)OC(C)(C)C)C(=O)N1C[C@H](OCc2ccccc2)C[C@H]1C(=O)OC. The maximum atomic E-state index is 13.6. The Morgan fingerprint density at radius 3 is 2.57 bits per heavy atom. The minimum absolute atomic E-state index is 0.213. The van der Waals surface area contributed by atoms with Crippen LogP contribution in [0.5, 0.6) is 0 Å². The van der Waals surface area contributed by atoms with E-state index in [0.29, 0.717) is 39.1 Å². The smallest absolute Gasteiger partial charge is 0.408 e. The molecule has 9 nitrogen and oxygen atoms in total. The summed E-state index contributed by atoms with van der Waals surface area (Å²) >= 11 is 0. The van der Waals surface area contributed by atoms with Crippen molar-refractivity contribution in [2.75, 3.05) is 26.9 Å². The highest BCUT2D eigenvalue weighted by molar-refractivity contribution is 5.90. The van der Waals surface area contributed by atoms with E-state index in [0.717, 1.165) is 5.56 Å². The van der Waals surface area contributed by atoms with Crippen LogP contribution in [-0.4, -0.2) is 73.5 Å². The maximum absolute atomic E-state index is 13.6. The third-order valence-electron chi connectivity index (χ3n) is 5.35. The monoisotopic (exact) mass is 490 g/mol. The van der Waals surface area contributed by atoms with Gasteiger partial charge in [-0.15, -0.1) is 6.58 Å². The Morgan fingerprint density at radius 1 is 1.23 bits per heavy atom. The number of alkyl carbamates (subject to hydrolysis) is 1. The van der Waals surface area contributed by atoms with Crippen molar-refractivity contribution in [1.29, 1.82) is 0 Å². The van der Waals surface area contributed by atoms with Gasteiger partial charge < -0.3 is 29.2 Å². The molecule has 3 atom stereocenters. The second-order valence-electron chi connectivity index (χ2n) is 9.39. The molecule has 1 aromatic rings. The number of hydrogen-bond acceptors (Lipinski definition) is 7. The van der Waals surface area contributed by atoms with Gasteiger partial charge in [0.25, 0.3) is 0 Å². The number of nitrogens with zero attached hydrogens (tertiary/aromatic N) is 1. The fourth-order valence-electron chi connectivity index (χ4n) is 3.77. The molecule has 1 N–H and O–H groups in total. The van der Waals surface area contributed by atoms with Gasteiger partial charge >= 0.3 is 12.1 Å². The highest BCUT2D eigenvalue weighted by Crippen LogP contribution is 2.24. The third kappa shape index (κ3) is 9.70. The molecule has 1 aliphatic heterocycles. The van der Waals surface area contributed by atoms with E-state index in [-0.39, 0.29) is 18.6 Å². The largest absolute Gasteiger partial charge is 0.467 e. The molecule has 2 rings (SSSR count). The standard InChI is InChI=1S/C26H38N2O7/c1-6-14-33-15-10-13-21(27-25(31)35-26(2,3)4)23(29)28-17-20(16-22(28)24(30)32-5)34-18-19-11-8-7-9-12-19/h6-9,11-12,20-22H,1,10,13-18H2,2-5H3,(H,27,31)/t20-,21+,22+/m1/s1. The minimum atomic E-state index is -0.891. The second-order valence-corrected chi connectivity index (χ2v) is 9.39. The molecule has 0 bridgehead atoms. The van der Waals surface area contributed by atoms with E-state index >= 15 is 0 Å². The van der Waals surface area contributed by atoms with Crippen molar-refractivity contribution >= 4 is 18.0 Å². The van der Waals surface area contributed by atoms with Gasteiger partial charge in [-0.1, -0.05) is 36.4 Å². The summed E-state index contributed by atoms with van der Waals surface area (Å²) in [5, 5.41) is 2.67. The summed E-state index contributed by atoms with van der Waals surface area (Å²) in [4.78, 5) is 39.9. The van der Waals surface area contributed by atoms with Crippen LogP contribution in [-0.2, 0) is 35.1 Å². The van der Waals surface area contributed by atoms with E-state index in [9.17, 15) is 14.4 Å². The summed E-state index contributed by atoms with van der Waals surface area (Å²) in [6, 6.07) is 7.98. The molecule has 1 fully saturated rings. The molecule has 9 heteroatoms. The van der Waals surface area contributed by atoms with Gasteiger partial charge in [-0.3, -0.25) is 4.79 Å². The lowest BCUT2D eigenvalue weighted by molar-refractivity contribution is -0.151. The molecule has 0 unspecified atom stereocenters. The molecule has 194 valence electrons. The Kier molecular flexibility index (Phi) is 11.2. The Morgan fingerprint density at radius 2 is 1.94 bits per heavy atom. The van der Waals surface area contributed by atoms with E-state index in [1.165, 1.54) is 12.0 Å². The van der Waals surface area contributed by atoms with Crippen LogP contribution in [0.2, 0.25) is 0 Å². The first-order valence-electron chi connectivity index (χ1n) is 11.9. The molecule has 1 aromatic carbocycles. The van der Waals surface area contributed by atoms with Crippen molar-refractivity contribution in [2.45, 2.75) is 70.4 Å². The lowest BCUT2D eigenvalue weighted by atomic mass is 10.1. The van der Waals surface area contributed by atoms with Gasteiger partial charge in [-0.05, 0) is 39.2 Å². The zero-order valence-corrected chi connectivity index (χ0v) is 21.2. The molecule has 0 saturated carbocycles. The van der Waals surface area contributed by atoms with Gasteiger partial charge in [0, 0.05) is 19.6 Å². The summed E-state index contributed by atoms with van der Waals surface area (Å²) in [5.74, 6) is -0.907. The number of amides is 2. The first-order valence-corrected chi connectivity index (χ1v) is 11.9. The van der Waals surface area contributed by atoms with Gasteiger partial charge in [0.2, 0.25) is 5.91 Å². The van der Waals surface area contributed by atoms with Crippen molar-refractivity contribution in [3.8, 4) is 0 Å². The average molecular weight is 491 g/mol. The Hall–Kier alpha value is -2.91. The molecule has 0 radical (unpaired) electrons. The van der Waals surface area contributed by atoms with Gasteiger partial charge in [0.05, 0.1) is 26.4 Å². The number of benzene rings is 1. The molecule has 1 aliphatic rings. The number of methoxy groups -OCH3 is 1. The van der Waals surface area contributed by atoms with Crippen molar-refractivity contribution in [2.24, 2.45) is 0 Å². The Labute approximate surface area is 207 Å². The predicted octanol–water partition coefficient (Wildman–Crippen LogP) is 3.22. The first kappa shape index (κ1) is 28.3. The molecule has 0 aliphatic carbocycles. The van der Waals surface area contributed by atoms with Crippen LogP contribution in [0.3, 0.4) is 0 Å². The van der Waals surface area contributed by atoms with Crippen LogP contribution in [0.4, 0.5) is 4.79 Å². The van der Waals surface area contributed by atoms with Crippen LogP contribution < -0.4 is 5.32 Å². The number of carbonyl (C=O) groups is 3. The van der Waals surface area contributed by atoms with E-state index in [2.05, 4.69) is 11.9 Å². The number of ether oxygens (including phenoxy) is 4. The highest BCUT2D eigenvalue weighted by atomic mass is 16.6. The van der Waals surface area contributed by atoms with Crippen molar-refractivity contribution < 1.29 is 33.3 Å². The summed E-state index contributed by atoms with van der Waals surface area (Å²) in [7, 11) is 1.29. The van der Waals surface area contributed by atoms with Crippen LogP contribution in [0, 0.1) is 0 Å². The van der Waals surface area contributed by atoms with E-state index in [1.807, 2.05) is 30.3 Å². The van der Waals surface area contributed by atoms with Crippen LogP contribution in [0.1, 0.15) is 45.6 Å². The number of rotatable bonds is 12. The van der Waals surface area contributed by atoms with Crippen molar-refractivity contribution in [1.82, 2.24) is 10.2 Å². The first-order chi connectivity index (χ1) is 16.6. The van der Waals surface area contributed by atoms with Gasteiger partial charge in [0.1, 0.15) is 17.7 Å². The summed E-state index contributed by atoms with van der Waals surface area (Å²) < 4.78 is 21.7. The highest BCUT2D eigenvalue weighted by Gasteiger charge is 2.43. The zero-order chi connectivity index (χ0) is 25.8. The number of nitrogens with one attached hydrogen (secondary N) is 1. The molecule has 1 saturated heterocycles. The molecular formula is C26H38N2O7. The molecule has 1 heterocycles. The Bertz CT molecular complexity index is 838. The number of hydrogen-bond donors (Lipinski definition) is 1. The summed E-state index contributed by atoms with van der Waals surface area (Å²) in [6.45, 7) is 10.2. The molecule has 0 aromatic heterocycles. The fourth-order valence-corrected chi connectivity index (χ4v) is 3.77. The second kappa shape index (κ2) is 13.8. The van der Waals surface area contributed by atoms with Crippen molar-refractivity contribution in [3.05, 3.63) is 48.6 Å². The van der Waals surface area contributed by atoms with Gasteiger partial charge in [0.15, 0.2) is 0 Å². The van der Waals surface area contributed by atoms with Crippen LogP contribution >= 0.6 is 0 Å². The number of likely N-dealkylation sites (tertiary alicyclic amines) is 1. The summed E-state index contributed by atoms with van der Waals surface area (Å²) in [5.41, 5.74) is 0.277. The topological polar surface area (TPSA) is 103 Å². The van der Waals surface area contributed by atoms with Gasteiger partial charge in [-0.25, -0.2) is 9.59 Å².